The Kier molecular flexibility index (Phi) is 7.28. The molecule has 0 unspecified atom stereocenters. The number of aromatic nitrogens is 2. The number of hydrogen-bond acceptors (Lipinski definition) is 5. The van der Waals surface area contributed by atoms with Crippen LogP contribution in [0.1, 0.15) is 12.8 Å². The van der Waals surface area contributed by atoms with Crippen LogP contribution in [0.5, 0.6) is 0 Å². The van der Waals surface area contributed by atoms with Gasteiger partial charge in [0.2, 0.25) is 0 Å². The predicted octanol–water partition coefficient (Wildman–Crippen LogP) is 1.33. The minimum Gasteiger partial charge on any atom is -0.382 e. The molecule has 0 aromatic carbocycles. The van der Waals surface area contributed by atoms with Gasteiger partial charge in [-0.15, -0.1) is 5.10 Å². The van der Waals surface area contributed by atoms with Crippen LogP contribution >= 0.6 is 0 Å². The molecule has 0 amide bonds. The first kappa shape index (κ1) is 12.9. The molecule has 5 nitrogen and oxygen atoms in total. The van der Waals surface area contributed by atoms with Crippen molar-refractivity contribution in [2.45, 2.75) is 12.8 Å². The Balaban J connectivity index is 1.89. The molecule has 0 bridgehead atoms. The first-order valence-corrected chi connectivity index (χ1v) is 5.51. The van der Waals surface area contributed by atoms with Gasteiger partial charge in [0, 0.05) is 26.5 Å². The van der Waals surface area contributed by atoms with Crippen molar-refractivity contribution in [3.63, 3.8) is 0 Å². The summed E-state index contributed by atoms with van der Waals surface area (Å²) in [6, 6.07) is 3.77. The van der Waals surface area contributed by atoms with E-state index in [4.69, 9.17) is 9.47 Å². The van der Waals surface area contributed by atoms with Crippen LogP contribution < -0.4 is 5.32 Å². The lowest BCUT2D eigenvalue weighted by atomic mass is 10.3. The van der Waals surface area contributed by atoms with Crippen LogP contribution in [0.4, 0.5) is 5.82 Å². The average Bonchev–Trinajstić information content (AvgIpc) is 2.34. The van der Waals surface area contributed by atoms with E-state index in [1.165, 1.54) is 0 Å². The number of unbranched alkanes of at least 4 members (excludes halogenated alkanes) is 1. The zero-order valence-corrected chi connectivity index (χ0v) is 9.69. The van der Waals surface area contributed by atoms with E-state index in [1.54, 1.807) is 13.3 Å². The molecule has 5 heteroatoms. The highest BCUT2D eigenvalue weighted by atomic mass is 16.5. The molecule has 0 atom stereocenters. The lowest BCUT2D eigenvalue weighted by Crippen LogP contribution is -2.07. The maximum absolute atomic E-state index is 5.35. The summed E-state index contributed by atoms with van der Waals surface area (Å²) in [4.78, 5) is 0. The largest absolute Gasteiger partial charge is 0.382 e. The number of anilines is 1. The van der Waals surface area contributed by atoms with Crippen molar-refractivity contribution >= 4 is 5.82 Å². The molecule has 1 aromatic rings. The van der Waals surface area contributed by atoms with E-state index in [0.29, 0.717) is 13.2 Å². The molecular formula is C11H19N3O2. The third-order valence-electron chi connectivity index (χ3n) is 2.03. The molecule has 0 aliphatic rings. The molecule has 90 valence electrons. The van der Waals surface area contributed by atoms with Gasteiger partial charge in [-0.05, 0) is 25.0 Å². The average molecular weight is 225 g/mol. The number of ether oxygens (including phenoxy) is 2. The van der Waals surface area contributed by atoms with Crippen LogP contribution in [0.2, 0.25) is 0 Å². The third kappa shape index (κ3) is 6.31. The topological polar surface area (TPSA) is 56.3 Å². The first-order valence-electron chi connectivity index (χ1n) is 5.51. The summed E-state index contributed by atoms with van der Waals surface area (Å²) in [6.07, 6.45) is 3.76. The van der Waals surface area contributed by atoms with Gasteiger partial charge in [-0.2, -0.15) is 5.10 Å². The normalized spacial score (nSPS) is 10.3. The van der Waals surface area contributed by atoms with E-state index in [0.717, 1.165) is 31.8 Å². The molecule has 0 aliphatic carbocycles. The SMILES string of the molecule is COCCOCCCCNc1cccnn1. The summed E-state index contributed by atoms with van der Waals surface area (Å²) in [5, 5.41) is 10.9. The highest BCUT2D eigenvalue weighted by molar-refractivity contribution is 5.30. The van der Waals surface area contributed by atoms with Gasteiger partial charge in [0.25, 0.3) is 0 Å². The minimum atomic E-state index is 0.665. The Bertz CT molecular complexity index is 257. The monoisotopic (exact) mass is 225 g/mol. The summed E-state index contributed by atoms with van der Waals surface area (Å²) in [7, 11) is 1.67. The van der Waals surface area contributed by atoms with E-state index < -0.39 is 0 Å². The van der Waals surface area contributed by atoms with Gasteiger partial charge in [-0.25, -0.2) is 0 Å². The van der Waals surface area contributed by atoms with Crippen LogP contribution in [0.3, 0.4) is 0 Å². The summed E-state index contributed by atoms with van der Waals surface area (Å²) >= 11 is 0. The summed E-state index contributed by atoms with van der Waals surface area (Å²) in [5.74, 6) is 0.822. The predicted molar refractivity (Wildman–Crippen MR) is 62.5 cm³/mol. The number of nitrogens with one attached hydrogen (secondary N) is 1. The second kappa shape index (κ2) is 9.06. The zero-order valence-electron chi connectivity index (χ0n) is 9.69. The van der Waals surface area contributed by atoms with E-state index in [2.05, 4.69) is 15.5 Å². The molecule has 1 N–H and O–H groups in total. The van der Waals surface area contributed by atoms with Gasteiger partial charge in [-0.1, -0.05) is 0 Å². The number of nitrogens with zero attached hydrogens (tertiary/aromatic N) is 2. The van der Waals surface area contributed by atoms with Crippen molar-refractivity contribution in [3.05, 3.63) is 18.3 Å². The summed E-state index contributed by atoms with van der Waals surface area (Å²) < 4.78 is 10.2. The maximum Gasteiger partial charge on any atom is 0.148 e. The quantitative estimate of drug-likeness (QED) is 0.642. The Morgan fingerprint density at radius 3 is 2.94 bits per heavy atom. The number of methoxy groups -OCH3 is 1. The first-order chi connectivity index (χ1) is 7.93. The Morgan fingerprint density at radius 1 is 1.25 bits per heavy atom. The highest BCUT2D eigenvalue weighted by Crippen LogP contribution is 1.98. The molecule has 0 fully saturated rings. The van der Waals surface area contributed by atoms with E-state index >= 15 is 0 Å². The smallest absolute Gasteiger partial charge is 0.148 e. The molecule has 0 saturated carbocycles. The van der Waals surface area contributed by atoms with Crippen LogP contribution in [0.25, 0.3) is 0 Å². The fourth-order valence-electron chi connectivity index (χ4n) is 1.19. The van der Waals surface area contributed by atoms with Gasteiger partial charge in [0.15, 0.2) is 0 Å². The Labute approximate surface area is 96.2 Å². The van der Waals surface area contributed by atoms with Crippen LogP contribution in [-0.2, 0) is 9.47 Å². The van der Waals surface area contributed by atoms with Crippen molar-refractivity contribution in [2.24, 2.45) is 0 Å². The highest BCUT2D eigenvalue weighted by Gasteiger charge is 1.92. The standard InChI is InChI=1S/C11H19N3O2/c1-15-9-10-16-8-3-2-6-12-11-5-4-7-13-14-11/h4-5,7H,2-3,6,8-10H2,1H3,(H,12,14). The molecule has 1 heterocycles. The maximum atomic E-state index is 5.35. The van der Waals surface area contributed by atoms with Gasteiger partial charge >= 0.3 is 0 Å². The Hall–Kier alpha value is -1.20. The second-order valence-electron chi connectivity index (χ2n) is 3.35. The van der Waals surface area contributed by atoms with Crippen LogP contribution in [0, 0.1) is 0 Å². The summed E-state index contributed by atoms with van der Waals surface area (Å²) in [6.45, 7) is 3.02. The van der Waals surface area contributed by atoms with Crippen molar-refractivity contribution in [2.75, 3.05) is 38.8 Å². The van der Waals surface area contributed by atoms with Crippen molar-refractivity contribution in [3.8, 4) is 0 Å². The van der Waals surface area contributed by atoms with Gasteiger partial charge in [-0.3, -0.25) is 0 Å². The number of hydrogen-bond donors (Lipinski definition) is 1. The second-order valence-corrected chi connectivity index (χ2v) is 3.35. The summed E-state index contributed by atoms with van der Waals surface area (Å²) in [5.41, 5.74) is 0. The fraction of sp³-hybridized carbons (Fsp3) is 0.636. The lowest BCUT2D eigenvalue weighted by Gasteiger charge is -2.05. The molecule has 0 radical (unpaired) electrons. The van der Waals surface area contributed by atoms with E-state index in [1.807, 2.05) is 12.1 Å². The van der Waals surface area contributed by atoms with Gasteiger partial charge < -0.3 is 14.8 Å². The molecular weight excluding hydrogens is 206 g/mol. The van der Waals surface area contributed by atoms with Crippen LogP contribution in [0.15, 0.2) is 18.3 Å². The van der Waals surface area contributed by atoms with Gasteiger partial charge in [0.05, 0.1) is 13.2 Å². The molecule has 0 saturated heterocycles. The molecule has 1 rings (SSSR count). The zero-order chi connectivity index (χ0) is 11.5. The fourth-order valence-corrected chi connectivity index (χ4v) is 1.19. The van der Waals surface area contributed by atoms with Crippen LogP contribution in [-0.4, -0.2) is 43.7 Å². The van der Waals surface area contributed by atoms with E-state index in [-0.39, 0.29) is 0 Å². The van der Waals surface area contributed by atoms with Crippen molar-refractivity contribution in [1.29, 1.82) is 0 Å². The molecule has 0 aliphatic heterocycles. The molecule has 16 heavy (non-hydrogen) atoms. The molecule has 1 aromatic heterocycles. The Morgan fingerprint density at radius 2 is 2.19 bits per heavy atom. The van der Waals surface area contributed by atoms with Crippen molar-refractivity contribution in [1.82, 2.24) is 10.2 Å². The third-order valence-corrected chi connectivity index (χ3v) is 2.03. The van der Waals surface area contributed by atoms with E-state index in [9.17, 15) is 0 Å². The number of rotatable bonds is 9. The minimum absolute atomic E-state index is 0.665. The van der Waals surface area contributed by atoms with Crippen molar-refractivity contribution < 1.29 is 9.47 Å². The molecule has 0 spiro atoms. The lowest BCUT2D eigenvalue weighted by molar-refractivity contribution is 0.0691. The van der Waals surface area contributed by atoms with Gasteiger partial charge in [0.1, 0.15) is 5.82 Å².